The zero-order chi connectivity index (χ0) is 19.8. The van der Waals surface area contributed by atoms with Crippen LogP contribution in [0.2, 0.25) is 0 Å². The van der Waals surface area contributed by atoms with Crippen LogP contribution < -0.4 is 10.1 Å². The molecule has 0 bridgehead atoms. The van der Waals surface area contributed by atoms with Gasteiger partial charge in [0.05, 0.1) is 10.9 Å². The van der Waals surface area contributed by atoms with Gasteiger partial charge >= 0.3 is 0 Å². The van der Waals surface area contributed by atoms with Gasteiger partial charge in [-0.2, -0.15) is 0 Å². The molecule has 2 heterocycles. The van der Waals surface area contributed by atoms with E-state index in [2.05, 4.69) is 23.5 Å². The van der Waals surface area contributed by atoms with Crippen LogP contribution in [0.4, 0.5) is 5.69 Å². The van der Waals surface area contributed by atoms with Gasteiger partial charge in [-0.05, 0) is 46.5 Å². The highest BCUT2D eigenvalue weighted by atomic mass is 32.2. The third-order valence-electron chi connectivity index (χ3n) is 5.06. The van der Waals surface area contributed by atoms with Crippen LogP contribution in [0.25, 0.3) is 11.6 Å². The molecule has 0 aliphatic carbocycles. The molecule has 0 radical (unpaired) electrons. The van der Waals surface area contributed by atoms with E-state index in [0.717, 1.165) is 27.9 Å². The minimum absolute atomic E-state index is 0.0456. The van der Waals surface area contributed by atoms with Crippen molar-refractivity contribution in [2.75, 3.05) is 11.9 Å². The Hall–Kier alpha value is -3.31. The van der Waals surface area contributed by atoms with Crippen molar-refractivity contribution in [3.63, 3.8) is 0 Å². The second kappa shape index (κ2) is 7.26. The Morgan fingerprint density at radius 2 is 1.90 bits per heavy atom. The molecule has 0 saturated heterocycles. The van der Waals surface area contributed by atoms with Crippen molar-refractivity contribution >= 4 is 41.3 Å². The first-order chi connectivity index (χ1) is 14.2. The van der Waals surface area contributed by atoms with Gasteiger partial charge in [0.15, 0.2) is 6.61 Å². The molecule has 1 atom stereocenters. The lowest BCUT2D eigenvalue weighted by Gasteiger charge is -2.27. The van der Waals surface area contributed by atoms with E-state index in [1.54, 1.807) is 11.8 Å². The van der Waals surface area contributed by atoms with E-state index in [1.165, 1.54) is 5.56 Å². The number of rotatable bonds is 3. The van der Waals surface area contributed by atoms with Gasteiger partial charge in [0.1, 0.15) is 12.0 Å². The zero-order valence-corrected chi connectivity index (χ0v) is 16.2. The van der Waals surface area contributed by atoms with Crippen molar-refractivity contribution in [2.45, 2.75) is 10.1 Å². The zero-order valence-electron chi connectivity index (χ0n) is 15.4. The van der Waals surface area contributed by atoms with Crippen molar-refractivity contribution in [3.8, 4) is 5.75 Å². The second-order valence-corrected chi connectivity index (χ2v) is 8.12. The quantitative estimate of drug-likeness (QED) is 0.614. The summed E-state index contributed by atoms with van der Waals surface area (Å²) in [6, 6.07) is 22.0. The molecule has 4 nitrogen and oxygen atoms in total. The third kappa shape index (κ3) is 3.34. The Balaban J connectivity index is 1.64. The minimum atomic E-state index is -0.145. The maximum absolute atomic E-state index is 11.7. The lowest BCUT2D eigenvalue weighted by molar-refractivity contribution is -0.118. The van der Waals surface area contributed by atoms with Crippen LogP contribution in [-0.2, 0) is 4.79 Å². The fourth-order valence-corrected chi connectivity index (χ4v) is 5.00. The predicted molar refractivity (Wildman–Crippen MR) is 115 cm³/mol. The summed E-state index contributed by atoms with van der Waals surface area (Å²) in [5.41, 5.74) is 5.81. The van der Waals surface area contributed by atoms with Gasteiger partial charge in [0.2, 0.25) is 0 Å². The lowest BCUT2D eigenvalue weighted by atomic mass is 9.94. The normalized spacial score (nSPS) is 17.3. The number of carbonyl (C=O) groups is 2. The van der Waals surface area contributed by atoms with Gasteiger partial charge in [-0.1, -0.05) is 48.5 Å². The highest BCUT2D eigenvalue weighted by molar-refractivity contribution is 8.00. The molecule has 2 aliphatic heterocycles. The van der Waals surface area contributed by atoms with Crippen LogP contribution in [-0.4, -0.2) is 18.8 Å². The number of anilines is 1. The summed E-state index contributed by atoms with van der Waals surface area (Å²) < 4.78 is 5.50. The Kier molecular flexibility index (Phi) is 4.45. The van der Waals surface area contributed by atoms with Crippen LogP contribution in [0.5, 0.6) is 5.75 Å². The number of carbonyl (C=O) groups excluding carboxylic acids is 2. The molecule has 1 amide bonds. The minimum Gasteiger partial charge on any atom is -0.482 e. The molecule has 29 heavy (non-hydrogen) atoms. The largest absolute Gasteiger partial charge is 0.482 e. The topological polar surface area (TPSA) is 55.4 Å². The first-order valence-corrected chi connectivity index (χ1v) is 10.2. The summed E-state index contributed by atoms with van der Waals surface area (Å²) in [6.45, 7) is 0.0456. The monoisotopic (exact) mass is 399 g/mol. The first-order valence-electron chi connectivity index (χ1n) is 9.31. The van der Waals surface area contributed by atoms with E-state index in [-0.39, 0.29) is 17.8 Å². The van der Waals surface area contributed by atoms with E-state index in [9.17, 15) is 9.59 Å². The van der Waals surface area contributed by atoms with Crippen molar-refractivity contribution < 1.29 is 14.3 Å². The Bertz CT molecular complexity index is 1150. The summed E-state index contributed by atoms with van der Waals surface area (Å²) in [5, 5.41) is 2.96. The summed E-state index contributed by atoms with van der Waals surface area (Å²) in [5.74, 6) is 0.540. The van der Waals surface area contributed by atoms with Crippen molar-refractivity contribution in [3.05, 3.63) is 89.0 Å². The van der Waals surface area contributed by atoms with Gasteiger partial charge in [-0.15, -0.1) is 11.8 Å². The molecule has 0 fully saturated rings. The van der Waals surface area contributed by atoms with Gasteiger partial charge in [0, 0.05) is 10.5 Å². The predicted octanol–water partition coefficient (Wildman–Crippen LogP) is 5.22. The summed E-state index contributed by atoms with van der Waals surface area (Å²) in [4.78, 5) is 24.0. The highest BCUT2D eigenvalue weighted by Gasteiger charge is 2.26. The first kappa shape index (κ1) is 17.8. The number of hydrogen-bond donors (Lipinski definition) is 1. The van der Waals surface area contributed by atoms with Crippen LogP contribution in [0.15, 0.2) is 71.6 Å². The number of fused-ring (bicyclic) bond motifs is 2. The van der Waals surface area contributed by atoms with E-state index < -0.39 is 0 Å². The molecular weight excluding hydrogens is 382 g/mol. The molecule has 142 valence electrons. The van der Waals surface area contributed by atoms with Gasteiger partial charge in [-0.3, -0.25) is 9.59 Å². The molecule has 5 rings (SSSR count). The summed E-state index contributed by atoms with van der Waals surface area (Å²) >= 11 is 1.73. The number of thioether (sulfide) groups is 1. The number of hydrogen-bond acceptors (Lipinski definition) is 4. The average Bonchev–Trinajstić information content (AvgIpc) is 2.78. The second-order valence-electron chi connectivity index (χ2n) is 6.97. The molecular formula is C24H17NO3S. The summed E-state index contributed by atoms with van der Waals surface area (Å²) in [7, 11) is 0. The number of amides is 1. The number of nitrogens with one attached hydrogen (secondary N) is 1. The van der Waals surface area contributed by atoms with Gasteiger partial charge in [0.25, 0.3) is 5.91 Å². The standard InChI is InChI=1S/C24H17NO3S/c26-13-15-6-7-18-11-19(17-8-9-21-20(12-17)25-23(27)14-28-21)24(29-22(18)10-15)16-4-2-1-3-5-16/h1-13,24H,14H2,(H,25,27). The molecule has 1 unspecified atom stereocenters. The molecule has 1 N–H and O–H groups in total. The van der Waals surface area contributed by atoms with E-state index in [4.69, 9.17) is 4.74 Å². The van der Waals surface area contributed by atoms with Gasteiger partial charge < -0.3 is 10.1 Å². The number of benzene rings is 3. The smallest absolute Gasteiger partial charge is 0.262 e. The maximum Gasteiger partial charge on any atom is 0.262 e. The Labute approximate surface area is 172 Å². The third-order valence-corrected chi connectivity index (χ3v) is 6.43. The number of ether oxygens (including phenoxy) is 1. The van der Waals surface area contributed by atoms with Crippen LogP contribution in [0, 0.1) is 0 Å². The molecule has 0 spiro atoms. The fraction of sp³-hybridized carbons (Fsp3) is 0.0833. The van der Waals surface area contributed by atoms with Crippen LogP contribution >= 0.6 is 11.8 Å². The van der Waals surface area contributed by atoms with Crippen molar-refractivity contribution in [1.29, 1.82) is 0 Å². The molecule has 3 aromatic rings. The summed E-state index contributed by atoms with van der Waals surface area (Å²) in [6.07, 6.45) is 3.05. The van der Waals surface area contributed by atoms with Crippen LogP contribution in [0.1, 0.15) is 32.3 Å². The number of aldehydes is 1. The molecule has 0 saturated carbocycles. The van der Waals surface area contributed by atoms with E-state index >= 15 is 0 Å². The maximum atomic E-state index is 11.7. The Morgan fingerprint density at radius 1 is 1.03 bits per heavy atom. The fourth-order valence-electron chi connectivity index (χ4n) is 3.65. The highest BCUT2D eigenvalue weighted by Crippen LogP contribution is 2.51. The molecule has 5 heteroatoms. The van der Waals surface area contributed by atoms with Crippen molar-refractivity contribution in [2.24, 2.45) is 0 Å². The van der Waals surface area contributed by atoms with Crippen molar-refractivity contribution in [1.82, 2.24) is 0 Å². The lowest BCUT2D eigenvalue weighted by Crippen LogP contribution is -2.25. The van der Waals surface area contributed by atoms with E-state index in [0.29, 0.717) is 17.0 Å². The molecule has 0 aromatic heterocycles. The van der Waals surface area contributed by atoms with E-state index in [1.807, 2.05) is 54.6 Å². The van der Waals surface area contributed by atoms with Crippen LogP contribution in [0.3, 0.4) is 0 Å². The molecule has 3 aromatic carbocycles. The molecule has 2 aliphatic rings. The average molecular weight is 399 g/mol. The Morgan fingerprint density at radius 3 is 2.72 bits per heavy atom. The van der Waals surface area contributed by atoms with Gasteiger partial charge in [-0.25, -0.2) is 0 Å². The SMILES string of the molecule is O=Cc1ccc2c(c1)SC(c1ccccc1)C(c1ccc3c(c1)NC(=O)CO3)=C2.